The van der Waals surface area contributed by atoms with Crippen LogP contribution in [0.15, 0.2) is 48.8 Å². The van der Waals surface area contributed by atoms with E-state index in [1.165, 1.54) is 28.4 Å². The summed E-state index contributed by atoms with van der Waals surface area (Å²) < 4.78 is 5.42. The molecule has 0 saturated carbocycles. The van der Waals surface area contributed by atoms with E-state index in [0.29, 0.717) is 23.9 Å². The topological polar surface area (TPSA) is 76.1 Å². The van der Waals surface area contributed by atoms with Gasteiger partial charge in [0.2, 0.25) is 0 Å². The van der Waals surface area contributed by atoms with Gasteiger partial charge in [0, 0.05) is 24.2 Å². The van der Waals surface area contributed by atoms with Crippen LogP contribution in [0.1, 0.15) is 29.1 Å². The van der Waals surface area contributed by atoms with E-state index >= 15 is 0 Å². The average Bonchev–Trinajstić information content (AvgIpc) is 3.12. The first-order chi connectivity index (χ1) is 15.0. The SMILES string of the molecule is Cc1c(C(=O)OCC(C)C)sc2ncnc(NCCNc3cccc4ccccc34)c12. The van der Waals surface area contributed by atoms with Crippen LogP contribution >= 0.6 is 11.3 Å². The summed E-state index contributed by atoms with van der Waals surface area (Å²) in [6.45, 7) is 7.77. The Balaban J connectivity index is 1.45. The van der Waals surface area contributed by atoms with Gasteiger partial charge < -0.3 is 15.4 Å². The Labute approximate surface area is 185 Å². The Morgan fingerprint density at radius 3 is 2.68 bits per heavy atom. The number of fused-ring (bicyclic) bond motifs is 2. The van der Waals surface area contributed by atoms with Crippen LogP contribution in [0.2, 0.25) is 0 Å². The van der Waals surface area contributed by atoms with Gasteiger partial charge in [0.1, 0.15) is 21.9 Å². The Bertz CT molecular complexity index is 1210. The molecule has 2 aromatic heterocycles. The molecule has 0 amide bonds. The molecule has 0 bridgehead atoms. The fourth-order valence-corrected chi connectivity index (χ4v) is 4.51. The number of carbonyl (C=O) groups excluding carboxylic acids is 1. The lowest BCUT2D eigenvalue weighted by atomic mass is 10.1. The number of nitrogens with one attached hydrogen (secondary N) is 2. The molecular formula is C24H26N4O2S. The molecule has 160 valence electrons. The molecule has 2 N–H and O–H groups in total. The van der Waals surface area contributed by atoms with E-state index in [-0.39, 0.29) is 5.97 Å². The number of aryl methyl sites for hydroxylation is 1. The van der Waals surface area contributed by atoms with Gasteiger partial charge >= 0.3 is 5.97 Å². The number of anilines is 2. The van der Waals surface area contributed by atoms with Gasteiger partial charge in [0.05, 0.1) is 12.0 Å². The number of aromatic nitrogens is 2. The van der Waals surface area contributed by atoms with Crippen molar-refractivity contribution in [2.75, 3.05) is 30.3 Å². The normalized spacial score (nSPS) is 11.2. The molecule has 0 aliphatic rings. The van der Waals surface area contributed by atoms with Gasteiger partial charge in [0.25, 0.3) is 0 Å². The smallest absolute Gasteiger partial charge is 0.348 e. The quantitative estimate of drug-likeness (QED) is 0.282. The van der Waals surface area contributed by atoms with Crippen molar-refractivity contribution in [3.05, 3.63) is 59.2 Å². The van der Waals surface area contributed by atoms with Gasteiger partial charge in [-0.1, -0.05) is 50.2 Å². The van der Waals surface area contributed by atoms with Crippen LogP contribution in [0.4, 0.5) is 11.5 Å². The van der Waals surface area contributed by atoms with Crippen LogP contribution in [0.25, 0.3) is 21.0 Å². The first-order valence-electron chi connectivity index (χ1n) is 10.4. The number of hydrogen-bond donors (Lipinski definition) is 2. The minimum absolute atomic E-state index is 0.294. The average molecular weight is 435 g/mol. The summed E-state index contributed by atoms with van der Waals surface area (Å²) in [5.74, 6) is 0.740. The molecule has 0 saturated heterocycles. The Hall–Kier alpha value is -3.19. The molecule has 0 aliphatic heterocycles. The molecule has 0 radical (unpaired) electrons. The number of esters is 1. The third-order valence-corrected chi connectivity index (χ3v) is 6.16. The Morgan fingerprint density at radius 2 is 1.84 bits per heavy atom. The van der Waals surface area contributed by atoms with Crippen LogP contribution in [0.3, 0.4) is 0 Å². The van der Waals surface area contributed by atoms with E-state index in [2.05, 4.69) is 50.9 Å². The van der Waals surface area contributed by atoms with Crippen molar-refractivity contribution >= 4 is 49.8 Å². The lowest BCUT2D eigenvalue weighted by Gasteiger charge is -2.11. The van der Waals surface area contributed by atoms with Crippen LogP contribution in [0, 0.1) is 12.8 Å². The van der Waals surface area contributed by atoms with Crippen LogP contribution in [-0.2, 0) is 4.74 Å². The minimum Gasteiger partial charge on any atom is -0.461 e. The van der Waals surface area contributed by atoms with E-state index < -0.39 is 0 Å². The summed E-state index contributed by atoms with van der Waals surface area (Å²) in [4.78, 5) is 22.6. The van der Waals surface area contributed by atoms with E-state index in [9.17, 15) is 4.79 Å². The van der Waals surface area contributed by atoms with Crippen LogP contribution in [0.5, 0.6) is 0 Å². The molecule has 4 rings (SSSR count). The lowest BCUT2D eigenvalue weighted by molar-refractivity contribution is 0.0464. The van der Waals surface area contributed by atoms with Crippen molar-refractivity contribution in [3.8, 4) is 0 Å². The van der Waals surface area contributed by atoms with Crippen LogP contribution < -0.4 is 10.6 Å². The second-order valence-electron chi connectivity index (χ2n) is 7.83. The highest BCUT2D eigenvalue weighted by Gasteiger charge is 2.20. The fourth-order valence-electron chi connectivity index (χ4n) is 3.47. The van der Waals surface area contributed by atoms with E-state index in [0.717, 1.165) is 33.8 Å². The van der Waals surface area contributed by atoms with Gasteiger partial charge in [-0.25, -0.2) is 14.8 Å². The summed E-state index contributed by atoms with van der Waals surface area (Å²) in [5, 5.41) is 10.2. The summed E-state index contributed by atoms with van der Waals surface area (Å²) >= 11 is 1.35. The van der Waals surface area contributed by atoms with Gasteiger partial charge in [-0.05, 0) is 29.9 Å². The number of hydrogen-bond acceptors (Lipinski definition) is 7. The number of thiophene rings is 1. The van der Waals surface area contributed by atoms with E-state index in [1.54, 1.807) is 0 Å². The summed E-state index contributed by atoms with van der Waals surface area (Å²) in [6, 6.07) is 14.6. The highest BCUT2D eigenvalue weighted by atomic mass is 32.1. The zero-order valence-corrected chi connectivity index (χ0v) is 18.8. The maximum Gasteiger partial charge on any atom is 0.348 e. The van der Waals surface area contributed by atoms with Gasteiger partial charge in [-0.3, -0.25) is 0 Å². The molecule has 7 heteroatoms. The highest BCUT2D eigenvalue weighted by Crippen LogP contribution is 2.33. The number of rotatable bonds is 8. The molecule has 0 aliphatic carbocycles. The highest BCUT2D eigenvalue weighted by molar-refractivity contribution is 7.20. The molecule has 6 nitrogen and oxygen atoms in total. The molecule has 4 aromatic rings. The van der Waals surface area contributed by atoms with E-state index in [4.69, 9.17) is 4.74 Å². The standard InChI is InChI=1S/C24H26N4O2S/c1-15(2)13-30-24(29)21-16(3)20-22(27-14-28-23(20)31-21)26-12-11-25-19-10-6-8-17-7-4-5-9-18(17)19/h4-10,14-15,25H,11-13H2,1-3H3,(H,26,27,28). The van der Waals surface area contributed by atoms with Crippen molar-refractivity contribution in [3.63, 3.8) is 0 Å². The Morgan fingerprint density at radius 1 is 1.06 bits per heavy atom. The first-order valence-corrected chi connectivity index (χ1v) is 11.2. The molecule has 2 aromatic carbocycles. The van der Waals surface area contributed by atoms with Crippen molar-refractivity contribution in [1.82, 2.24) is 9.97 Å². The zero-order valence-electron chi connectivity index (χ0n) is 17.9. The number of benzene rings is 2. The van der Waals surface area contributed by atoms with Crippen molar-refractivity contribution in [1.29, 1.82) is 0 Å². The number of nitrogens with zero attached hydrogens (tertiary/aromatic N) is 2. The summed E-state index contributed by atoms with van der Waals surface area (Å²) in [5.41, 5.74) is 1.97. The molecule has 2 heterocycles. The molecule has 0 atom stereocenters. The Kier molecular flexibility index (Phi) is 6.32. The van der Waals surface area contributed by atoms with Crippen molar-refractivity contribution in [2.24, 2.45) is 5.92 Å². The maximum atomic E-state index is 12.5. The van der Waals surface area contributed by atoms with E-state index in [1.807, 2.05) is 32.9 Å². The third kappa shape index (κ3) is 4.61. The van der Waals surface area contributed by atoms with Crippen LogP contribution in [-0.4, -0.2) is 35.6 Å². The predicted octanol–water partition coefficient (Wildman–Crippen LogP) is 5.49. The predicted molar refractivity (Wildman–Crippen MR) is 128 cm³/mol. The fraction of sp³-hybridized carbons (Fsp3) is 0.292. The molecule has 31 heavy (non-hydrogen) atoms. The summed E-state index contributed by atoms with van der Waals surface area (Å²) in [7, 11) is 0. The largest absolute Gasteiger partial charge is 0.461 e. The minimum atomic E-state index is -0.294. The maximum absolute atomic E-state index is 12.5. The molecule has 0 spiro atoms. The second kappa shape index (κ2) is 9.31. The number of ether oxygens (including phenoxy) is 1. The zero-order chi connectivity index (χ0) is 21.8. The third-order valence-electron chi connectivity index (χ3n) is 4.98. The molecule has 0 unspecified atom stereocenters. The molecular weight excluding hydrogens is 408 g/mol. The van der Waals surface area contributed by atoms with Gasteiger partial charge in [0.15, 0.2) is 0 Å². The lowest BCUT2D eigenvalue weighted by Crippen LogP contribution is -2.15. The number of carbonyl (C=O) groups is 1. The summed E-state index contributed by atoms with van der Waals surface area (Å²) in [6.07, 6.45) is 1.53. The molecule has 0 fully saturated rings. The van der Waals surface area contributed by atoms with Crippen molar-refractivity contribution < 1.29 is 9.53 Å². The second-order valence-corrected chi connectivity index (χ2v) is 8.83. The van der Waals surface area contributed by atoms with Gasteiger partial charge in [-0.15, -0.1) is 11.3 Å². The van der Waals surface area contributed by atoms with Crippen molar-refractivity contribution in [2.45, 2.75) is 20.8 Å². The monoisotopic (exact) mass is 434 g/mol. The van der Waals surface area contributed by atoms with Gasteiger partial charge in [-0.2, -0.15) is 0 Å². The first kappa shape index (κ1) is 21.1.